The molecule has 3 heterocycles. The number of halogens is 1. The van der Waals surface area contributed by atoms with Gasteiger partial charge in [0, 0.05) is 44.2 Å². The van der Waals surface area contributed by atoms with Gasteiger partial charge in [0.05, 0.1) is 26.5 Å². The molecule has 0 radical (unpaired) electrons. The number of pyridine rings is 1. The number of carbonyl (C=O) groups excluding carboxylic acids is 1. The molecule has 0 aliphatic carbocycles. The van der Waals surface area contributed by atoms with E-state index >= 15 is 0 Å². The number of methoxy groups -OCH3 is 1. The maximum Gasteiger partial charge on any atom is 0.343 e. The summed E-state index contributed by atoms with van der Waals surface area (Å²) in [6, 6.07) is 11.5. The summed E-state index contributed by atoms with van der Waals surface area (Å²) in [6.07, 6.45) is 2.42. The molecule has 0 saturated carbocycles. The number of hydrogen-bond acceptors (Lipinski definition) is 6. The lowest BCUT2D eigenvalue weighted by Crippen LogP contribution is -2.29. The molecule has 1 aliphatic heterocycles. The highest BCUT2D eigenvalue weighted by molar-refractivity contribution is 5.93. The number of hydrogen-bond donors (Lipinski definition) is 0. The molecule has 3 aromatic rings. The minimum Gasteiger partial charge on any atom is -0.492 e. The average Bonchev–Trinajstić information content (AvgIpc) is 3.21. The van der Waals surface area contributed by atoms with Gasteiger partial charge in [-0.1, -0.05) is 18.2 Å². The Morgan fingerprint density at radius 2 is 2.00 bits per heavy atom. The van der Waals surface area contributed by atoms with Crippen molar-refractivity contribution >= 4 is 5.97 Å². The summed E-state index contributed by atoms with van der Waals surface area (Å²) in [6.45, 7) is 2.46. The molecule has 168 valence electrons. The van der Waals surface area contributed by atoms with Gasteiger partial charge < -0.3 is 18.5 Å². The van der Waals surface area contributed by atoms with Crippen LogP contribution >= 0.6 is 0 Å². The molecular weight excluding hydrogens is 415 g/mol. The third kappa shape index (κ3) is 4.75. The number of aromatic nitrogens is 1. The van der Waals surface area contributed by atoms with Gasteiger partial charge in [0.1, 0.15) is 22.9 Å². The first-order chi connectivity index (χ1) is 15.6. The molecule has 0 N–H and O–H groups in total. The molecule has 7 nitrogen and oxygen atoms in total. The molecule has 1 aromatic carbocycles. The van der Waals surface area contributed by atoms with Crippen LogP contribution in [0.15, 0.2) is 57.9 Å². The zero-order chi connectivity index (χ0) is 22.5. The van der Waals surface area contributed by atoms with Crippen LogP contribution < -0.4 is 10.3 Å². The number of rotatable bonds is 7. The van der Waals surface area contributed by atoms with Crippen LogP contribution in [0.25, 0.3) is 0 Å². The summed E-state index contributed by atoms with van der Waals surface area (Å²) < 4.78 is 31.7. The molecule has 0 spiro atoms. The van der Waals surface area contributed by atoms with Crippen molar-refractivity contribution in [2.75, 3.05) is 26.8 Å². The molecule has 8 heteroatoms. The van der Waals surface area contributed by atoms with E-state index in [-0.39, 0.29) is 29.3 Å². The topological polar surface area (TPSA) is 73.9 Å². The van der Waals surface area contributed by atoms with Crippen LogP contribution in [-0.2, 0) is 30.7 Å². The van der Waals surface area contributed by atoms with E-state index in [0.717, 1.165) is 5.76 Å². The quantitative estimate of drug-likeness (QED) is 0.526. The molecule has 1 aliphatic rings. The van der Waals surface area contributed by atoms with Crippen molar-refractivity contribution < 1.29 is 23.1 Å². The molecular formula is C24H25FN2O5. The molecule has 0 bridgehead atoms. The fourth-order valence-electron chi connectivity index (χ4n) is 3.98. The van der Waals surface area contributed by atoms with Gasteiger partial charge in [0.15, 0.2) is 0 Å². The second-order valence-electron chi connectivity index (χ2n) is 7.61. The second kappa shape index (κ2) is 9.82. The van der Waals surface area contributed by atoms with E-state index in [4.69, 9.17) is 13.9 Å². The first kappa shape index (κ1) is 21.8. The van der Waals surface area contributed by atoms with E-state index < -0.39 is 5.97 Å². The van der Waals surface area contributed by atoms with Crippen molar-refractivity contribution in [1.82, 2.24) is 9.47 Å². The van der Waals surface area contributed by atoms with Crippen LogP contribution in [0, 0.1) is 5.82 Å². The summed E-state index contributed by atoms with van der Waals surface area (Å²) in [5.41, 5.74) is 1.10. The number of furan rings is 1. The highest BCUT2D eigenvalue weighted by Gasteiger charge is 2.26. The Morgan fingerprint density at radius 3 is 2.75 bits per heavy atom. The number of nitrogens with zero attached hydrogens (tertiary/aromatic N) is 2. The van der Waals surface area contributed by atoms with Crippen LogP contribution in [0.2, 0.25) is 0 Å². The lowest BCUT2D eigenvalue weighted by Gasteiger charge is -2.17. The zero-order valence-electron chi connectivity index (χ0n) is 17.9. The van der Waals surface area contributed by atoms with Crippen LogP contribution in [0.1, 0.15) is 27.4 Å². The van der Waals surface area contributed by atoms with Gasteiger partial charge >= 0.3 is 5.97 Å². The molecule has 0 fully saturated rings. The minimum absolute atomic E-state index is 0.123. The number of benzene rings is 1. The van der Waals surface area contributed by atoms with Crippen LogP contribution in [-0.4, -0.2) is 42.2 Å². The maximum atomic E-state index is 13.9. The Hall–Kier alpha value is -3.39. The fourth-order valence-corrected chi connectivity index (χ4v) is 3.98. The van der Waals surface area contributed by atoms with Crippen molar-refractivity contribution in [3.63, 3.8) is 0 Å². The summed E-state index contributed by atoms with van der Waals surface area (Å²) in [5.74, 6) is 0.134. The predicted octanol–water partition coefficient (Wildman–Crippen LogP) is 3.05. The van der Waals surface area contributed by atoms with Crippen LogP contribution in [0.5, 0.6) is 5.75 Å². The molecule has 0 saturated heterocycles. The Bertz CT molecular complexity index is 1140. The SMILES string of the molecule is COC(=O)c1c(OCCc2ccccc2F)cc(=O)n2c1CCN(Cc1ccco1)CC2. The number of carbonyl (C=O) groups is 1. The van der Waals surface area contributed by atoms with Gasteiger partial charge in [-0.05, 0) is 23.8 Å². The Labute approximate surface area is 185 Å². The average molecular weight is 440 g/mol. The Morgan fingerprint density at radius 1 is 1.16 bits per heavy atom. The summed E-state index contributed by atoms with van der Waals surface area (Å²) in [4.78, 5) is 27.7. The standard InChI is InChI=1S/C24H25FN2O5/c1-30-24(29)23-20-8-10-26(16-18-6-4-13-31-18)11-12-27(20)22(28)15-21(23)32-14-9-17-5-2-3-7-19(17)25/h2-7,13,15H,8-12,14,16H2,1H3. The van der Waals surface area contributed by atoms with Crippen LogP contribution in [0.3, 0.4) is 0 Å². The smallest absolute Gasteiger partial charge is 0.343 e. The third-order valence-corrected chi connectivity index (χ3v) is 5.62. The highest BCUT2D eigenvalue weighted by Crippen LogP contribution is 2.25. The van der Waals surface area contributed by atoms with E-state index in [1.807, 2.05) is 12.1 Å². The molecule has 4 rings (SSSR count). The minimum atomic E-state index is -0.561. The monoisotopic (exact) mass is 440 g/mol. The Kier molecular flexibility index (Phi) is 6.70. The van der Waals surface area contributed by atoms with Gasteiger partial charge in [-0.3, -0.25) is 9.69 Å². The van der Waals surface area contributed by atoms with E-state index in [1.54, 1.807) is 29.0 Å². The van der Waals surface area contributed by atoms with E-state index in [2.05, 4.69) is 4.90 Å². The van der Waals surface area contributed by atoms with Crippen molar-refractivity contribution in [2.45, 2.75) is 25.9 Å². The lowest BCUT2D eigenvalue weighted by molar-refractivity contribution is 0.0593. The predicted molar refractivity (Wildman–Crippen MR) is 115 cm³/mol. The second-order valence-corrected chi connectivity index (χ2v) is 7.61. The molecule has 32 heavy (non-hydrogen) atoms. The van der Waals surface area contributed by atoms with Gasteiger partial charge in [-0.2, -0.15) is 0 Å². The summed E-state index contributed by atoms with van der Waals surface area (Å²) >= 11 is 0. The van der Waals surface area contributed by atoms with E-state index in [0.29, 0.717) is 50.3 Å². The lowest BCUT2D eigenvalue weighted by atomic mass is 10.1. The normalized spacial score (nSPS) is 13.9. The van der Waals surface area contributed by atoms with Gasteiger partial charge in [-0.15, -0.1) is 0 Å². The number of fused-ring (bicyclic) bond motifs is 1. The largest absolute Gasteiger partial charge is 0.492 e. The van der Waals surface area contributed by atoms with Gasteiger partial charge in [-0.25, -0.2) is 9.18 Å². The molecule has 2 aromatic heterocycles. The molecule has 0 amide bonds. The van der Waals surface area contributed by atoms with Crippen molar-refractivity contribution in [1.29, 1.82) is 0 Å². The maximum absolute atomic E-state index is 13.9. The van der Waals surface area contributed by atoms with Crippen molar-refractivity contribution in [3.05, 3.63) is 87.5 Å². The van der Waals surface area contributed by atoms with E-state index in [9.17, 15) is 14.0 Å². The first-order valence-electron chi connectivity index (χ1n) is 10.5. The molecule has 0 unspecified atom stereocenters. The first-order valence-corrected chi connectivity index (χ1v) is 10.5. The summed E-state index contributed by atoms with van der Waals surface area (Å²) in [5, 5.41) is 0. The zero-order valence-corrected chi connectivity index (χ0v) is 17.9. The number of ether oxygens (including phenoxy) is 2. The third-order valence-electron chi connectivity index (χ3n) is 5.62. The van der Waals surface area contributed by atoms with Gasteiger partial charge in [0.25, 0.3) is 5.56 Å². The van der Waals surface area contributed by atoms with Crippen LogP contribution in [0.4, 0.5) is 4.39 Å². The van der Waals surface area contributed by atoms with Gasteiger partial charge in [0.2, 0.25) is 0 Å². The number of esters is 1. The summed E-state index contributed by atoms with van der Waals surface area (Å²) in [7, 11) is 1.30. The van der Waals surface area contributed by atoms with Crippen molar-refractivity contribution in [3.8, 4) is 5.75 Å². The Balaban J connectivity index is 1.57. The van der Waals surface area contributed by atoms with Crippen molar-refractivity contribution in [2.24, 2.45) is 0 Å². The highest BCUT2D eigenvalue weighted by atomic mass is 19.1. The van der Waals surface area contributed by atoms with E-state index in [1.165, 1.54) is 19.2 Å². The fraction of sp³-hybridized carbons (Fsp3) is 0.333. The molecule has 0 atom stereocenters.